The highest BCUT2D eigenvalue weighted by atomic mass is 35.5. The van der Waals surface area contributed by atoms with Gasteiger partial charge in [-0.15, -0.1) is 0 Å². The molecule has 0 N–H and O–H groups in total. The number of fused-ring (bicyclic) bond motifs is 5. The van der Waals surface area contributed by atoms with Crippen LogP contribution in [0.25, 0.3) is 22.4 Å². The lowest BCUT2D eigenvalue weighted by Gasteiger charge is -2.05. The largest absolute Gasteiger partial charge is 0.488 e. The zero-order valence-electron chi connectivity index (χ0n) is 10.8. The van der Waals surface area contributed by atoms with Gasteiger partial charge in [-0.05, 0) is 19.1 Å². The Hall–Kier alpha value is -2.07. The molecule has 0 saturated carbocycles. The zero-order valence-corrected chi connectivity index (χ0v) is 11.6. The maximum absolute atomic E-state index is 6.24. The first-order chi connectivity index (χ1) is 9.74. The van der Waals surface area contributed by atoms with Gasteiger partial charge in [0, 0.05) is 12.0 Å². The summed E-state index contributed by atoms with van der Waals surface area (Å²) in [4.78, 5) is 8.71. The van der Waals surface area contributed by atoms with Crippen LogP contribution in [0, 0.1) is 6.92 Å². The quantitative estimate of drug-likeness (QED) is 0.590. The molecule has 3 aromatic rings. The zero-order chi connectivity index (χ0) is 13.7. The van der Waals surface area contributed by atoms with Crippen LogP contribution in [0.3, 0.4) is 0 Å². The van der Waals surface area contributed by atoms with Crippen molar-refractivity contribution in [1.29, 1.82) is 0 Å². The molecule has 0 fully saturated rings. The van der Waals surface area contributed by atoms with E-state index in [1.54, 1.807) is 0 Å². The molecule has 100 valence electrons. The van der Waals surface area contributed by atoms with E-state index in [1.165, 1.54) is 0 Å². The smallest absolute Gasteiger partial charge is 0.196 e. The van der Waals surface area contributed by atoms with E-state index in [2.05, 4.69) is 9.97 Å². The second-order valence-corrected chi connectivity index (χ2v) is 5.10. The van der Waals surface area contributed by atoms with Crippen molar-refractivity contribution in [3.05, 3.63) is 40.8 Å². The molecule has 0 radical (unpaired) electrons. The van der Waals surface area contributed by atoms with Gasteiger partial charge in [0.25, 0.3) is 0 Å². The summed E-state index contributed by atoms with van der Waals surface area (Å²) >= 11 is 6.24. The normalized spacial score (nSPS) is 13.5. The summed E-state index contributed by atoms with van der Waals surface area (Å²) in [6.07, 6.45) is 0.674. The number of hydrogen-bond donors (Lipinski definition) is 0. The Bertz CT molecular complexity index is 826. The van der Waals surface area contributed by atoms with Crippen molar-refractivity contribution in [2.45, 2.75) is 13.3 Å². The van der Waals surface area contributed by atoms with E-state index in [0.717, 1.165) is 28.0 Å². The lowest BCUT2D eigenvalue weighted by Crippen LogP contribution is -2.02. The second kappa shape index (κ2) is 4.21. The van der Waals surface area contributed by atoms with Crippen molar-refractivity contribution >= 4 is 22.6 Å². The summed E-state index contributed by atoms with van der Waals surface area (Å²) in [5.41, 5.74) is 2.42. The van der Waals surface area contributed by atoms with Crippen molar-refractivity contribution in [2.75, 3.05) is 6.61 Å². The van der Waals surface area contributed by atoms with Gasteiger partial charge in [-0.3, -0.25) is 0 Å². The Morgan fingerprint density at radius 3 is 2.95 bits per heavy atom. The van der Waals surface area contributed by atoms with Gasteiger partial charge in [0.05, 0.1) is 12.0 Å². The van der Waals surface area contributed by atoms with E-state index < -0.39 is 0 Å². The van der Waals surface area contributed by atoms with E-state index in [1.807, 2.05) is 31.2 Å². The number of ether oxygens (including phenoxy) is 1. The second-order valence-electron chi connectivity index (χ2n) is 4.74. The standard InChI is InChI=1S/C15H11ClN2O2/c1-8-17-12-10(15(16)18-8)6-7-19-13-9-4-2-3-5-11(9)20-14(12)13/h2-5H,6-7H2,1H3. The molecule has 20 heavy (non-hydrogen) atoms. The third kappa shape index (κ3) is 1.61. The van der Waals surface area contributed by atoms with Crippen LogP contribution in [0.5, 0.6) is 5.75 Å². The van der Waals surface area contributed by atoms with E-state index >= 15 is 0 Å². The Balaban J connectivity index is 2.09. The van der Waals surface area contributed by atoms with Gasteiger partial charge in [0.2, 0.25) is 0 Å². The van der Waals surface area contributed by atoms with Crippen LogP contribution in [0.1, 0.15) is 11.4 Å². The van der Waals surface area contributed by atoms with Crippen molar-refractivity contribution in [2.24, 2.45) is 0 Å². The molecule has 0 amide bonds. The van der Waals surface area contributed by atoms with Crippen LogP contribution in [0.2, 0.25) is 5.15 Å². The highest BCUT2D eigenvalue weighted by Gasteiger charge is 2.26. The molecule has 1 aliphatic heterocycles. The number of aryl methyl sites for hydroxylation is 1. The van der Waals surface area contributed by atoms with Gasteiger partial charge in [0.1, 0.15) is 22.3 Å². The molecule has 0 unspecified atom stereocenters. The van der Waals surface area contributed by atoms with Crippen molar-refractivity contribution in [3.63, 3.8) is 0 Å². The first-order valence-corrected chi connectivity index (χ1v) is 6.79. The van der Waals surface area contributed by atoms with Crippen molar-refractivity contribution in [1.82, 2.24) is 9.97 Å². The lowest BCUT2D eigenvalue weighted by molar-refractivity contribution is 0.327. The fourth-order valence-corrected chi connectivity index (χ4v) is 2.85. The van der Waals surface area contributed by atoms with E-state index in [4.69, 9.17) is 20.8 Å². The van der Waals surface area contributed by atoms with Gasteiger partial charge < -0.3 is 9.15 Å². The summed E-state index contributed by atoms with van der Waals surface area (Å²) < 4.78 is 11.8. The summed E-state index contributed by atoms with van der Waals surface area (Å²) in [6.45, 7) is 2.36. The van der Waals surface area contributed by atoms with Gasteiger partial charge in [-0.1, -0.05) is 23.7 Å². The first-order valence-electron chi connectivity index (χ1n) is 6.42. The SMILES string of the molecule is Cc1nc(Cl)c2c(n1)-c1oc3ccccc3c1OCC2. The highest BCUT2D eigenvalue weighted by molar-refractivity contribution is 6.30. The number of furan rings is 1. The average molecular weight is 287 g/mol. The third-order valence-electron chi connectivity index (χ3n) is 3.43. The van der Waals surface area contributed by atoms with Crippen LogP contribution < -0.4 is 4.74 Å². The highest BCUT2D eigenvalue weighted by Crippen LogP contribution is 2.43. The average Bonchev–Trinajstić information content (AvgIpc) is 2.70. The number of hydrogen-bond acceptors (Lipinski definition) is 4. The van der Waals surface area contributed by atoms with Crippen molar-refractivity contribution < 1.29 is 9.15 Å². The molecule has 0 saturated heterocycles. The molecule has 1 aliphatic rings. The number of para-hydroxylation sites is 1. The molecular weight excluding hydrogens is 276 g/mol. The molecule has 4 nitrogen and oxygen atoms in total. The summed E-state index contributed by atoms with van der Waals surface area (Å²) in [7, 11) is 0. The molecule has 5 heteroatoms. The molecule has 0 atom stereocenters. The predicted octanol–water partition coefficient (Wildman–Crippen LogP) is 3.79. The molecule has 3 heterocycles. The minimum Gasteiger partial charge on any atom is -0.488 e. The number of halogens is 1. The third-order valence-corrected chi connectivity index (χ3v) is 3.74. The molecule has 0 aliphatic carbocycles. The maximum Gasteiger partial charge on any atom is 0.196 e. The molecular formula is C15H11ClN2O2. The summed E-state index contributed by atoms with van der Waals surface area (Å²) in [5, 5.41) is 1.44. The molecule has 0 spiro atoms. The Labute approximate surface area is 120 Å². The predicted molar refractivity (Wildman–Crippen MR) is 76.2 cm³/mol. The Kier molecular flexibility index (Phi) is 2.47. The van der Waals surface area contributed by atoms with Crippen LogP contribution >= 0.6 is 11.6 Å². The van der Waals surface area contributed by atoms with Crippen LogP contribution in [0.15, 0.2) is 28.7 Å². The van der Waals surface area contributed by atoms with Gasteiger partial charge in [-0.25, -0.2) is 9.97 Å². The monoisotopic (exact) mass is 286 g/mol. The number of benzene rings is 1. The molecule has 4 rings (SSSR count). The van der Waals surface area contributed by atoms with Crippen LogP contribution in [0.4, 0.5) is 0 Å². The van der Waals surface area contributed by atoms with Gasteiger partial charge in [0.15, 0.2) is 11.5 Å². The number of nitrogens with zero attached hydrogens (tertiary/aromatic N) is 2. The fraction of sp³-hybridized carbons (Fsp3) is 0.200. The van der Waals surface area contributed by atoms with Crippen molar-refractivity contribution in [3.8, 4) is 17.2 Å². The van der Waals surface area contributed by atoms with Crippen LogP contribution in [-0.2, 0) is 6.42 Å². The topological polar surface area (TPSA) is 48.2 Å². The molecule has 0 bridgehead atoms. The Morgan fingerprint density at radius 2 is 2.05 bits per heavy atom. The van der Waals surface area contributed by atoms with E-state index in [0.29, 0.717) is 29.8 Å². The molecule has 2 aromatic heterocycles. The summed E-state index contributed by atoms with van der Waals surface area (Å²) in [6, 6.07) is 7.80. The first kappa shape index (κ1) is 11.7. The van der Waals surface area contributed by atoms with E-state index in [9.17, 15) is 0 Å². The number of rotatable bonds is 0. The van der Waals surface area contributed by atoms with Gasteiger partial charge >= 0.3 is 0 Å². The maximum atomic E-state index is 6.24. The van der Waals surface area contributed by atoms with Crippen LogP contribution in [-0.4, -0.2) is 16.6 Å². The lowest BCUT2D eigenvalue weighted by atomic mass is 10.1. The number of aromatic nitrogens is 2. The summed E-state index contributed by atoms with van der Waals surface area (Å²) in [5.74, 6) is 2.02. The fourth-order valence-electron chi connectivity index (χ4n) is 2.55. The van der Waals surface area contributed by atoms with E-state index in [-0.39, 0.29) is 0 Å². The molecule has 1 aromatic carbocycles. The minimum absolute atomic E-state index is 0.476. The van der Waals surface area contributed by atoms with Gasteiger partial charge in [-0.2, -0.15) is 0 Å². The minimum atomic E-state index is 0.476. The Morgan fingerprint density at radius 1 is 1.20 bits per heavy atom.